The van der Waals surface area contributed by atoms with Crippen molar-refractivity contribution < 1.29 is 9.47 Å². The summed E-state index contributed by atoms with van der Waals surface area (Å²) in [4.78, 5) is 17.6. The lowest BCUT2D eigenvalue weighted by molar-refractivity contribution is 0.174. The molecule has 0 radical (unpaired) electrons. The van der Waals surface area contributed by atoms with Crippen LogP contribution < -0.4 is 20.3 Å². The Bertz CT molecular complexity index is 1130. The molecular formula is C22H23N3O3S. The van der Waals surface area contributed by atoms with Crippen molar-refractivity contribution in [3.8, 4) is 11.5 Å². The van der Waals surface area contributed by atoms with Crippen LogP contribution in [0.5, 0.6) is 11.5 Å². The molecule has 0 saturated carbocycles. The van der Waals surface area contributed by atoms with Gasteiger partial charge in [-0.3, -0.25) is 4.79 Å². The largest absolute Gasteiger partial charge is 0.454 e. The van der Waals surface area contributed by atoms with E-state index in [-0.39, 0.29) is 12.4 Å². The van der Waals surface area contributed by atoms with Gasteiger partial charge in [0.2, 0.25) is 6.79 Å². The maximum absolute atomic E-state index is 12.7. The summed E-state index contributed by atoms with van der Waals surface area (Å²) in [5.74, 6) is 1.34. The standard InChI is InChI=1S/C22H23N3O3S/c1-14-4-3-5-15(8-14)6-7-25(22(29)23-2)12-17-9-16-10-19-20(28-13-27-19)11-18(16)24-21(17)26/h3-5,8-11H,6-7,12-13H2,1-2H3,(H,23,29)(H,24,26). The van der Waals surface area contributed by atoms with Crippen molar-refractivity contribution in [2.45, 2.75) is 19.9 Å². The number of hydrogen-bond acceptors (Lipinski definition) is 4. The van der Waals surface area contributed by atoms with Crippen molar-refractivity contribution >= 4 is 28.2 Å². The molecule has 4 rings (SSSR count). The van der Waals surface area contributed by atoms with Gasteiger partial charge in [0, 0.05) is 30.6 Å². The van der Waals surface area contributed by atoms with Gasteiger partial charge in [-0.2, -0.15) is 0 Å². The number of H-pyrrole nitrogens is 1. The molecule has 0 unspecified atom stereocenters. The second kappa shape index (κ2) is 8.13. The Labute approximate surface area is 174 Å². The molecule has 6 nitrogen and oxygen atoms in total. The van der Waals surface area contributed by atoms with Crippen LogP contribution in [-0.2, 0) is 13.0 Å². The molecule has 0 aliphatic carbocycles. The zero-order valence-corrected chi connectivity index (χ0v) is 17.3. The Balaban J connectivity index is 1.58. The first kappa shape index (κ1) is 19.3. The smallest absolute Gasteiger partial charge is 0.253 e. The number of hydrogen-bond donors (Lipinski definition) is 2. The lowest BCUT2D eigenvalue weighted by Gasteiger charge is -2.25. The highest BCUT2D eigenvalue weighted by Crippen LogP contribution is 2.35. The van der Waals surface area contributed by atoms with E-state index < -0.39 is 0 Å². The number of nitrogens with one attached hydrogen (secondary N) is 2. The van der Waals surface area contributed by atoms with Crippen LogP contribution in [0.2, 0.25) is 0 Å². The number of aromatic amines is 1. The van der Waals surface area contributed by atoms with Gasteiger partial charge < -0.3 is 24.7 Å². The minimum Gasteiger partial charge on any atom is -0.454 e. The molecule has 7 heteroatoms. The van der Waals surface area contributed by atoms with E-state index in [1.165, 1.54) is 11.1 Å². The highest BCUT2D eigenvalue weighted by molar-refractivity contribution is 7.80. The molecule has 0 fully saturated rings. The molecule has 0 spiro atoms. The van der Waals surface area contributed by atoms with Crippen LogP contribution in [0.1, 0.15) is 16.7 Å². The zero-order chi connectivity index (χ0) is 20.4. The summed E-state index contributed by atoms with van der Waals surface area (Å²) in [5.41, 5.74) is 3.73. The molecule has 1 aliphatic rings. The molecule has 2 aromatic carbocycles. The predicted octanol–water partition coefficient (Wildman–Crippen LogP) is 3.11. The van der Waals surface area contributed by atoms with Crippen LogP contribution in [0.25, 0.3) is 10.9 Å². The molecule has 0 bridgehead atoms. The molecule has 29 heavy (non-hydrogen) atoms. The fraction of sp³-hybridized carbons (Fsp3) is 0.273. The Hall–Kier alpha value is -3.06. The first-order valence-corrected chi connectivity index (χ1v) is 9.92. The highest BCUT2D eigenvalue weighted by atomic mass is 32.1. The minimum absolute atomic E-state index is 0.129. The molecule has 2 N–H and O–H groups in total. The number of rotatable bonds is 5. The van der Waals surface area contributed by atoms with Crippen molar-refractivity contribution in [2.24, 2.45) is 0 Å². The summed E-state index contributed by atoms with van der Waals surface area (Å²) < 4.78 is 10.8. The lowest BCUT2D eigenvalue weighted by Crippen LogP contribution is -2.39. The fourth-order valence-corrected chi connectivity index (χ4v) is 3.66. The van der Waals surface area contributed by atoms with Crippen LogP contribution in [0.4, 0.5) is 0 Å². The van der Waals surface area contributed by atoms with Crippen LogP contribution in [0.15, 0.2) is 47.3 Å². The first-order valence-electron chi connectivity index (χ1n) is 9.51. The number of benzene rings is 2. The monoisotopic (exact) mass is 409 g/mol. The third-order valence-corrected chi connectivity index (χ3v) is 5.49. The van der Waals surface area contributed by atoms with E-state index in [0.717, 1.165) is 17.3 Å². The number of aryl methyl sites for hydroxylation is 1. The van der Waals surface area contributed by atoms with E-state index in [0.29, 0.717) is 35.3 Å². The van der Waals surface area contributed by atoms with Gasteiger partial charge >= 0.3 is 0 Å². The summed E-state index contributed by atoms with van der Waals surface area (Å²) >= 11 is 5.49. The van der Waals surface area contributed by atoms with Crippen molar-refractivity contribution in [3.63, 3.8) is 0 Å². The maximum atomic E-state index is 12.7. The zero-order valence-electron chi connectivity index (χ0n) is 16.5. The number of aromatic nitrogens is 1. The summed E-state index contributed by atoms with van der Waals surface area (Å²) in [6.07, 6.45) is 0.841. The van der Waals surface area contributed by atoms with Crippen LogP contribution in [0, 0.1) is 6.92 Å². The summed E-state index contributed by atoms with van der Waals surface area (Å²) in [6.45, 7) is 3.42. The van der Waals surface area contributed by atoms with Crippen LogP contribution >= 0.6 is 12.2 Å². The van der Waals surface area contributed by atoms with E-state index in [9.17, 15) is 4.79 Å². The first-order chi connectivity index (χ1) is 14.0. The molecular weight excluding hydrogens is 386 g/mol. The number of ether oxygens (including phenoxy) is 2. The van der Waals surface area contributed by atoms with Crippen molar-refractivity contribution in [1.29, 1.82) is 0 Å². The van der Waals surface area contributed by atoms with E-state index in [1.54, 1.807) is 13.1 Å². The van der Waals surface area contributed by atoms with Crippen molar-refractivity contribution in [1.82, 2.24) is 15.2 Å². The van der Waals surface area contributed by atoms with E-state index in [2.05, 4.69) is 41.5 Å². The number of nitrogens with zero attached hydrogens (tertiary/aromatic N) is 1. The lowest BCUT2D eigenvalue weighted by atomic mass is 10.1. The molecule has 0 atom stereocenters. The van der Waals surface area contributed by atoms with Gasteiger partial charge in [0.25, 0.3) is 5.56 Å². The van der Waals surface area contributed by atoms with E-state index >= 15 is 0 Å². The predicted molar refractivity (Wildman–Crippen MR) is 118 cm³/mol. The molecule has 0 saturated heterocycles. The molecule has 0 amide bonds. The fourth-order valence-electron chi connectivity index (χ4n) is 3.51. The second-order valence-corrected chi connectivity index (χ2v) is 7.52. The maximum Gasteiger partial charge on any atom is 0.253 e. The topological polar surface area (TPSA) is 66.6 Å². The molecule has 1 aliphatic heterocycles. The SMILES string of the molecule is CNC(=S)N(CCc1cccc(C)c1)Cc1cc2cc3c(cc2[nH]c1=O)OCO3. The summed E-state index contributed by atoms with van der Waals surface area (Å²) in [5, 5.41) is 4.55. The summed E-state index contributed by atoms with van der Waals surface area (Å²) in [6, 6.07) is 14.0. The molecule has 3 aromatic rings. The number of fused-ring (bicyclic) bond motifs is 2. The average molecular weight is 410 g/mol. The summed E-state index contributed by atoms with van der Waals surface area (Å²) in [7, 11) is 1.80. The Morgan fingerprint density at radius 2 is 2.00 bits per heavy atom. The van der Waals surface area contributed by atoms with Gasteiger partial charge in [0.05, 0.1) is 12.1 Å². The quantitative estimate of drug-likeness (QED) is 0.632. The number of pyridine rings is 1. The van der Waals surface area contributed by atoms with E-state index in [4.69, 9.17) is 21.7 Å². The van der Waals surface area contributed by atoms with Gasteiger partial charge in [0.1, 0.15) is 0 Å². The number of thiocarbonyl (C=S) groups is 1. The van der Waals surface area contributed by atoms with Crippen LogP contribution in [0.3, 0.4) is 0 Å². The highest BCUT2D eigenvalue weighted by Gasteiger charge is 2.17. The third-order valence-electron chi connectivity index (χ3n) is 5.03. The van der Waals surface area contributed by atoms with Gasteiger partial charge in [-0.25, -0.2) is 0 Å². The third kappa shape index (κ3) is 4.19. The van der Waals surface area contributed by atoms with Crippen LogP contribution in [-0.4, -0.2) is 35.4 Å². The van der Waals surface area contributed by atoms with E-state index in [1.807, 2.05) is 17.0 Å². The van der Waals surface area contributed by atoms with Gasteiger partial charge in [-0.15, -0.1) is 0 Å². The van der Waals surface area contributed by atoms with Crippen molar-refractivity contribution in [2.75, 3.05) is 20.4 Å². The molecule has 150 valence electrons. The van der Waals surface area contributed by atoms with Gasteiger partial charge in [-0.1, -0.05) is 29.8 Å². The Kier molecular flexibility index (Phi) is 5.40. The molecule has 2 heterocycles. The van der Waals surface area contributed by atoms with Crippen molar-refractivity contribution in [3.05, 3.63) is 69.5 Å². The Morgan fingerprint density at radius 3 is 2.76 bits per heavy atom. The minimum atomic E-state index is -0.129. The van der Waals surface area contributed by atoms with Gasteiger partial charge in [-0.05, 0) is 43.3 Å². The second-order valence-electron chi connectivity index (χ2n) is 7.13. The molecule has 1 aromatic heterocycles. The Morgan fingerprint density at radius 1 is 1.21 bits per heavy atom. The van der Waals surface area contributed by atoms with Gasteiger partial charge in [0.15, 0.2) is 16.6 Å². The normalized spacial score (nSPS) is 12.2. The average Bonchev–Trinajstić information content (AvgIpc) is 3.16.